The van der Waals surface area contributed by atoms with Gasteiger partial charge >= 0.3 is 0 Å². The summed E-state index contributed by atoms with van der Waals surface area (Å²) in [5, 5.41) is 9.16. The second-order valence-electron chi connectivity index (χ2n) is 4.29. The summed E-state index contributed by atoms with van der Waals surface area (Å²) >= 11 is 5.74. The molecule has 12 heavy (non-hydrogen) atoms. The number of halogens is 1. The Hall–Kier alpha value is -0.220. The summed E-state index contributed by atoms with van der Waals surface area (Å²) in [6, 6.07) is 2.53. The smallest absolute Gasteiger partial charge is 0.0693 e. The molecule has 2 saturated carbocycles. The van der Waals surface area contributed by atoms with Crippen LogP contribution in [0, 0.1) is 28.6 Å². The highest BCUT2D eigenvalue weighted by molar-refractivity contribution is 6.17. The number of hydrogen-bond donors (Lipinski definition) is 0. The van der Waals surface area contributed by atoms with Gasteiger partial charge in [0.15, 0.2) is 0 Å². The molecule has 1 nitrogen and oxygen atoms in total. The molecule has 0 saturated heterocycles. The molecule has 2 aliphatic carbocycles. The van der Waals surface area contributed by atoms with Crippen LogP contribution < -0.4 is 0 Å². The molecule has 2 heteroatoms. The van der Waals surface area contributed by atoms with E-state index in [4.69, 9.17) is 16.9 Å². The van der Waals surface area contributed by atoms with Crippen LogP contribution >= 0.6 is 11.6 Å². The first-order valence-corrected chi connectivity index (χ1v) is 5.31. The number of hydrogen-bond acceptors (Lipinski definition) is 1. The SMILES string of the molecule is N#CC1(CCCl)CC2CCC1C2. The third-order valence-electron chi connectivity index (χ3n) is 3.74. The van der Waals surface area contributed by atoms with Crippen LogP contribution in [0.1, 0.15) is 32.1 Å². The van der Waals surface area contributed by atoms with Crippen LogP contribution in [-0.2, 0) is 0 Å². The Morgan fingerprint density at radius 1 is 1.50 bits per heavy atom. The van der Waals surface area contributed by atoms with E-state index in [-0.39, 0.29) is 5.41 Å². The maximum atomic E-state index is 9.16. The third-order valence-corrected chi connectivity index (χ3v) is 3.93. The van der Waals surface area contributed by atoms with Crippen LogP contribution in [0.3, 0.4) is 0 Å². The zero-order valence-electron chi connectivity index (χ0n) is 7.22. The second-order valence-corrected chi connectivity index (χ2v) is 4.67. The van der Waals surface area contributed by atoms with E-state index in [0.717, 1.165) is 18.8 Å². The van der Waals surface area contributed by atoms with Gasteiger partial charge in [-0.2, -0.15) is 5.26 Å². The molecule has 0 aromatic carbocycles. The molecular formula is C10H14ClN. The first kappa shape index (κ1) is 8.38. The molecule has 0 aromatic heterocycles. The third kappa shape index (κ3) is 1.05. The lowest BCUT2D eigenvalue weighted by molar-refractivity contribution is 0.234. The van der Waals surface area contributed by atoms with Gasteiger partial charge in [0.05, 0.1) is 11.5 Å². The van der Waals surface area contributed by atoms with Crippen LogP contribution in [0.15, 0.2) is 0 Å². The molecule has 2 fully saturated rings. The Bertz CT molecular complexity index is 220. The Morgan fingerprint density at radius 2 is 2.33 bits per heavy atom. The molecular weight excluding hydrogens is 170 g/mol. The van der Waals surface area contributed by atoms with E-state index in [1.54, 1.807) is 0 Å². The lowest BCUT2D eigenvalue weighted by atomic mass is 9.72. The van der Waals surface area contributed by atoms with Crippen LogP contribution in [0.5, 0.6) is 0 Å². The molecule has 0 amide bonds. The zero-order valence-corrected chi connectivity index (χ0v) is 7.98. The predicted molar refractivity (Wildman–Crippen MR) is 48.8 cm³/mol. The van der Waals surface area contributed by atoms with Crippen molar-refractivity contribution in [2.24, 2.45) is 17.3 Å². The van der Waals surface area contributed by atoms with Crippen molar-refractivity contribution in [3.8, 4) is 6.07 Å². The molecule has 2 bridgehead atoms. The van der Waals surface area contributed by atoms with Crippen molar-refractivity contribution >= 4 is 11.6 Å². The quantitative estimate of drug-likeness (QED) is 0.604. The Balaban J connectivity index is 2.15. The van der Waals surface area contributed by atoms with Gasteiger partial charge in [-0.1, -0.05) is 6.42 Å². The fourth-order valence-corrected chi connectivity index (χ4v) is 3.45. The molecule has 0 radical (unpaired) electrons. The van der Waals surface area contributed by atoms with Crippen LogP contribution in [-0.4, -0.2) is 5.88 Å². The normalized spacial score (nSPS) is 44.7. The van der Waals surface area contributed by atoms with Crippen LogP contribution in [0.4, 0.5) is 0 Å². The molecule has 0 aromatic rings. The van der Waals surface area contributed by atoms with E-state index in [2.05, 4.69) is 6.07 Å². The first-order chi connectivity index (χ1) is 5.80. The summed E-state index contributed by atoms with van der Waals surface area (Å²) in [4.78, 5) is 0. The minimum atomic E-state index is -0.0231. The lowest BCUT2D eigenvalue weighted by Gasteiger charge is -2.30. The molecule has 3 unspecified atom stereocenters. The molecule has 66 valence electrons. The topological polar surface area (TPSA) is 23.8 Å². The minimum absolute atomic E-state index is 0.0231. The zero-order chi connectivity index (χ0) is 8.60. The van der Waals surface area contributed by atoms with E-state index in [0.29, 0.717) is 11.8 Å². The van der Waals surface area contributed by atoms with Gasteiger partial charge in [0.25, 0.3) is 0 Å². The summed E-state index contributed by atoms with van der Waals surface area (Å²) < 4.78 is 0. The average Bonchev–Trinajstić information content (AvgIpc) is 2.64. The predicted octanol–water partition coefficient (Wildman–Crippen LogP) is 2.95. The van der Waals surface area contributed by atoms with Crippen LogP contribution in [0.25, 0.3) is 0 Å². The van der Waals surface area contributed by atoms with Crippen LogP contribution in [0.2, 0.25) is 0 Å². The number of nitriles is 1. The van der Waals surface area contributed by atoms with Gasteiger partial charge < -0.3 is 0 Å². The van der Waals surface area contributed by atoms with Crippen molar-refractivity contribution in [1.29, 1.82) is 5.26 Å². The number of rotatable bonds is 2. The Morgan fingerprint density at radius 3 is 2.75 bits per heavy atom. The highest BCUT2D eigenvalue weighted by atomic mass is 35.5. The van der Waals surface area contributed by atoms with E-state index in [1.807, 2.05) is 0 Å². The van der Waals surface area contributed by atoms with Gasteiger partial charge in [-0.15, -0.1) is 11.6 Å². The van der Waals surface area contributed by atoms with E-state index in [1.165, 1.54) is 19.3 Å². The van der Waals surface area contributed by atoms with Gasteiger partial charge in [0, 0.05) is 5.88 Å². The van der Waals surface area contributed by atoms with E-state index in [9.17, 15) is 0 Å². The fourth-order valence-electron chi connectivity index (χ4n) is 3.11. The number of alkyl halides is 1. The van der Waals surface area contributed by atoms with Gasteiger partial charge in [-0.3, -0.25) is 0 Å². The van der Waals surface area contributed by atoms with Gasteiger partial charge in [-0.25, -0.2) is 0 Å². The van der Waals surface area contributed by atoms with Crippen molar-refractivity contribution in [3.05, 3.63) is 0 Å². The Labute approximate surface area is 78.7 Å². The summed E-state index contributed by atoms with van der Waals surface area (Å²) in [7, 11) is 0. The van der Waals surface area contributed by atoms with E-state index < -0.39 is 0 Å². The van der Waals surface area contributed by atoms with Crippen molar-refractivity contribution < 1.29 is 0 Å². The molecule has 0 N–H and O–H groups in total. The highest BCUT2D eigenvalue weighted by Crippen LogP contribution is 2.57. The molecule has 0 heterocycles. The monoisotopic (exact) mass is 183 g/mol. The van der Waals surface area contributed by atoms with Crippen molar-refractivity contribution in [2.75, 3.05) is 5.88 Å². The minimum Gasteiger partial charge on any atom is -0.198 e. The first-order valence-electron chi connectivity index (χ1n) is 4.78. The van der Waals surface area contributed by atoms with Crippen molar-refractivity contribution in [1.82, 2.24) is 0 Å². The molecule has 0 spiro atoms. The summed E-state index contributed by atoms with van der Waals surface area (Å²) in [6.45, 7) is 0. The molecule has 2 rings (SSSR count). The highest BCUT2D eigenvalue weighted by Gasteiger charge is 2.50. The van der Waals surface area contributed by atoms with Crippen molar-refractivity contribution in [2.45, 2.75) is 32.1 Å². The standard InChI is InChI=1S/C10H14ClN/c11-4-3-10(7-12)6-8-1-2-9(10)5-8/h8-9H,1-6H2. The second kappa shape index (κ2) is 2.92. The molecule has 2 aliphatic rings. The summed E-state index contributed by atoms with van der Waals surface area (Å²) in [5.41, 5.74) is -0.0231. The molecule has 0 aliphatic heterocycles. The lowest BCUT2D eigenvalue weighted by Crippen LogP contribution is -2.26. The largest absolute Gasteiger partial charge is 0.198 e. The fraction of sp³-hybridized carbons (Fsp3) is 0.900. The summed E-state index contributed by atoms with van der Waals surface area (Å²) in [5.74, 6) is 2.17. The van der Waals surface area contributed by atoms with Gasteiger partial charge in [0.1, 0.15) is 0 Å². The summed E-state index contributed by atoms with van der Waals surface area (Å²) in [6.07, 6.45) is 5.96. The maximum absolute atomic E-state index is 9.16. The number of fused-ring (bicyclic) bond motifs is 2. The van der Waals surface area contributed by atoms with Crippen molar-refractivity contribution in [3.63, 3.8) is 0 Å². The van der Waals surface area contributed by atoms with Gasteiger partial charge in [0.2, 0.25) is 0 Å². The Kier molecular flexibility index (Phi) is 2.04. The maximum Gasteiger partial charge on any atom is 0.0693 e. The van der Waals surface area contributed by atoms with E-state index >= 15 is 0 Å². The number of nitrogens with zero attached hydrogens (tertiary/aromatic N) is 1. The van der Waals surface area contributed by atoms with Gasteiger partial charge in [-0.05, 0) is 37.5 Å². The average molecular weight is 184 g/mol. The molecule has 3 atom stereocenters.